The molecule has 0 saturated carbocycles. The van der Waals surface area contributed by atoms with E-state index in [1.165, 1.54) is 13.0 Å². The molecular formula is C12H14BrNO4. The highest BCUT2D eigenvalue weighted by atomic mass is 79.9. The Morgan fingerprint density at radius 2 is 2.28 bits per heavy atom. The van der Waals surface area contributed by atoms with Gasteiger partial charge in [-0.3, -0.25) is 10.1 Å². The number of hydrogen-bond donors (Lipinski definition) is 1. The van der Waals surface area contributed by atoms with Gasteiger partial charge in [0.1, 0.15) is 6.61 Å². The summed E-state index contributed by atoms with van der Waals surface area (Å²) in [5.41, 5.74) is 0.933. The molecule has 5 nitrogen and oxygen atoms in total. The topological polar surface area (TPSA) is 72.6 Å². The highest BCUT2D eigenvalue weighted by molar-refractivity contribution is 9.10. The van der Waals surface area contributed by atoms with Crippen molar-refractivity contribution in [3.63, 3.8) is 0 Å². The molecule has 0 spiro atoms. The second-order valence-electron chi connectivity index (χ2n) is 4.02. The number of nitrogens with zero attached hydrogens (tertiary/aromatic N) is 1. The number of ether oxygens (including phenoxy) is 1. The molecule has 0 saturated heterocycles. The van der Waals surface area contributed by atoms with Gasteiger partial charge in [0.25, 0.3) is 0 Å². The number of nitro benzene ring substituents is 1. The van der Waals surface area contributed by atoms with Crippen LogP contribution >= 0.6 is 15.9 Å². The Kier molecular flexibility index (Phi) is 4.86. The maximum atomic E-state index is 11.0. The molecule has 1 aromatic rings. The number of aliphatic hydroxyl groups is 1. The first kappa shape index (κ1) is 14.7. The highest BCUT2D eigenvalue weighted by Gasteiger charge is 2.23. The maximum absolute atomic E-state index is 11.0. The molecule has 6 heteroatoms. The van der Waals surface area contributed by atoms with Crippen LogP contribution < -0.4 is 4.74 Å². The highest BCUT2D eigenvalue weighted by Crippen LogP contribution is 2.37. The third-order valence-electron chi connectivity index (χ3n) is 2.17. The van der Waals surface area contributed by atoms with Crippen molar-refractivity contribution >= 4 is 21.6 Å². The van der Waals surface area contributed by atoms with Crippen LogP contribution in [-0.4, -0.2) is 16.6 Å². The molecule has 1 aromatic carbocycles. The Morgan fingerprint density at radius 1 is 1.67 bits per heavy atom. The Bertz CT molecular complexity index is 485. The van der Waals surface area contributed by atoms with Gasteiger partial charge in [0.15, 0.2) is 0 Å². The number of benzene rings is 1. The lowest BCUT2D eigenvalue weighted by Crippen LogP contribution is -2.06. The van der Waals surface area contributed by atoms with E-state index in [1.807, 2.05) is 0 Å². The molecule has 1 N–H and O–H groups in total. The number of hydrogen-bond acceptors (Lipinski definition) is 4. The molecule has 0 heterocycles. The molecule has 0 aromatic heterocycles. The van der Waals surface area contributed by atoms with E-state index in [-0.39, 0.29) is 18.0 Å². The zero-order valence-electron chi connectivity index (χ0n) is 10.1. The summed E-state index contributed by atoms with van der Waals surface area (Å²) < 4.78 is 5.91. The fraction of sp³-hybridized carbons (Fsp3) is 0.333. The van der Waals surface area contributed by atoms with Crippen molar-refractivity contribution in [2.24, 2.45) is 0 Å². The van der Waals surface area contributed by atoms with Crippen LogP contribution in [0.15, 0.2) is 28.8 Å². The molecule has 0 aliphatic rings. The summed E-state index contributed by atoms with van der Waals surface area (Å²) in [6, 6.07) is 2.95. The minimum Gasteiger partial charge on any atom is -0.482 e. The van der Waals surface area contributed by atoms with E-state index < -0.39 is 11.0 Å². The zero-order chi connectivity index (χ0) is 13.9. The molecule has 1 rings (SSSR count). The molecule has 0 aliphatic carbocycles. The van der Waals surface area contributed by atoms with Crippen LogP contribution in [0.4, 0.5) is 5.69 Å². The largest absolute Gasteiger partial charge is 0.482 e. The summed E-state index contributed by atoms with van der Waals surface area (Å²) in [5.74, 6) is 0.0844. The molecule has 0 radical (unpaired) electrons. The van der Waals surface area contributed by atoms with Gasteiger partial charge in [-0.05, 0) is 25.5 Å². The van der Waals surface area contributed by atoms with E-state index in [2.05, 4.69) is 22.5 Å². The summed E-state index contributed by atoms with van der Waals surface area (Å²) in [6.45, 7) is 7.12. The van der Waals surface area contributed by atoms with Gasteiger partial charge in [-0.25, -0.2) is 0 Å². The summed E-state index contributed by atoms with van der Waals surface area (Å²) in [7, 11) is 0. The van der Waals surface area contributed by atoms with Gasteiger partial charge in [0.05, 0.1) is 11.0 Å². The van der Waals surface area contributed by atoms with Gasteiger partial charge in [0, 0.05) is 16.1 Å². The van der Waals surface area contributed by atoms with Crippen molar-refractivity contribution in [3.8, 4) is 5.75 Å². The summed E-state index contributed by atoms with van der Waals surface area (Å²) in [5, 5.41) is 20.6. The van der Waals surface area contributed by atoms with Crippen molar-refractivity contribution in [2.45, 2.75) is 20.0 Å². The molecule has 0 amide bonds. The van der Waals surface area contributed by atoms with E-state index in [1.54, 1.807) is 13.0 Å². The fourth-order valence-corrected chi connectivity index (χ4v) is 1.86. The number of nitro groups is 1. The smallest absolute Gasteiger partial charge is 0.312 e. The van der Waals surface area contributed by atoms with E-state index in [0.717, 1.165) is 5.57 Å². The Balaban J connectivity index is 3.31. The maximum Gasteiger partial charge on any atom is 0.312 e. The number of aliphatic hydroxyl groups excluding tert-OH is 1. The Morgan fingerprint density at radius 3 is 2.72 bits per heavy atom. The average molecular weight is 316 g/mol. The van der Waals surface area contributed by atoms with E-state index in [0.29, 0.717) is 10.0 Å². The van der Waals surface area contributed by atoms with Crippen molar-refractivity contribution < 1.29 is 14.8 Å². The molecular weight excluding hydrogens is 302 g/mol. The lowest BCUT2D eigenvalue weighted by Gasteiger charge is -2.14. The SMILES string of the molecule is C=C(C)COc1c([C@H](C)O)cc(Br)cc1[N+](=O)[O-]. The van der Waals surface area contributed by atoms with Crippen molar-refractivity contribution in [3.05, 3.63) is 44.4 Å². The van der Waals surface area contributed by atoms with Crippen molar-refractivity contribution in [1.82, 2.24) is 0 Å². The number of rotatable bonds is 5. The fourth-order valence-electron chi connectivity index (χ4n) is 1.40. The van der Waals surface area contributed by atoms with Crippen molar-refractivity contribution in [2.75, 3.05) is 6.61 Å². The summed E-state index contributed by atoms with van der Waals surface area (Å²) in [6.07, 6.45) is -0.860. The van der Waals surface area contributed by atoms with Crippen LogP contribution in [-0.2, 0) is 0 Å². The number of halogens is 1. The molecule has 0 fully saturated rings. The summed E-state index contributed by atoms with van der Waals surface area (Å²) >= 11 is 3.18. The third-order valence-corrected chi connectivity index (χ3v) is 2.63. The van der Waals surface area contributed by atoms with Crippen LogP contribution in [0.5, 0.6) is 5.75 Å². The quantitative estimate of drug-likeness (QED) is 0.513. The standard InChI is InChI=1S/C12H14BrNO4/c1-7(2)6-18-12-10(8(3)15)4-9(13)5-11(12)14(16)17/h4-5,8,15H,1,6H2,2-3H3/t8-/m0/s1. The van der Waals surface area contributed by atoms with Gasteiger partial charge < -0.3 is 9.84 Å². The zero-order valence-corrected chi connectivity index (χ0v) is 11.7. The minimum absolute atomic E-state index is 0.0844. The summed E-state index contributed by atoms with van der Waals surface area (Å²) in [4.78, 5) is 10.5. The Labute approximate surface area is 113 Å². The first-order chi connectivity index (χ1) is 8.32. The average Bonchev–Trinajstić information content (AvgIpc) is 2.25. The van der Waals surface area contributed by atoms with Crippen LogP contribution in [0.3, 0.4) is 0 Å². The molecule has 0 unspecified atom stereocenters. The molecule has 98 valence electrons. The lowest BCUT2D eigenvalue weighted by atomic mass is 10.1. The predicted molar refractivity (Wildman–Crippen MR) is 71.7 cm³/mol. The van der Waals surface area contributed by atoms with Gasteiger partial charge in [-0.15, -0.1) is 0 Å². The van der Waals surface area contributed by atoms with Gasteiger partial charge in [0.2, 0.25) is 5.75 Å². The molecule has 0 aliphatic heterocycles. The molecule has 1 atom stereocenters. The lowest BCUT2D eigenvalue weighted by molar-refractivity contribution is -0.386. The predicted octanol–water partition coefficient (Wildman–Crippen LogP) is 3.37. The third kappa shape index (κ3) is 3.54. The van der Waals surface area contributed by atoms with Crippen LogP contribution in [0.2, 0.25) is 0 Å². The van der Waals surface area contributed by atoms with Gasteiger partial charge in [-0.2, -0.15) is 0 Å². The normalized spacial score (nSPS) is 12.0. The molecule has 18 heavy (non-hydrogen) atoms. The van der Waals surface area contributed by atoms with Gasteiger partial charge in [-0.1, -0.05) is 22.5 Å². The van der Waals surface area contributed by atoms with E-state index >= 15 is 0 Å². The molecule has 0 bridgehead atoms. The van der Waals surface area contributed by atoms with E-state index in [4.69, 9.17) is 4.74 Å². The first-order valence-electron chi connectivity index (χ1n) is 5.26. The second-order valence-corrected chi connectivity index (χ2v) is 4.94. The van der Waals surface area contributed by atoms with Crippen molar-refractivity contribution in [1.29, 1.82) is 0 Å². The van der Waals surface area contributed by atoms with Gasteiger partial charge >= 0.3 is 5.69 Å². The monoisotopic (exact) mass is 315 g/mol. The second kappa shape index (κ2) is 5.97. The van der Waals surface area contributed by atoms with Crippen LogP contribution in [0, 0.1) is 10.1 Å². The Hall–Kier alpha value is -1.40. The van der Waals surface area contributed by atoms with Crippen LogP contribution in [0.1, 0.15) is 25.5 Å². The van der Waals surface area contributed by atoms with Crippen LogP contribution in [0.25, 0.3) is 0 Å². The minimum atomic E-state index is -0.860. The van der Waals surface area contributed by atoms with E-state index in [9.17, 15) is 15.2 Å². The first-order valence-corrected chi connectivity index (χ1v) is 6.05.